The maximum Gasteiger partial charge on any atom is 0.224 e. The molecule has 0 unspecified atom stereocenters. The highest BCUT2D eigenvalue weighted by molar-refractivity contribution is 7.90. The zero-order valence-corrected chi connectivity index (χ0v) is 14.4. The molecule has 1 aliphatic heterocycles. The Labute approximate surface area is 138 Å². The van der Waals surface area contributed by atoms with Crippen molar-refractivity contribution in [3.63, 3.8) is 0 Å². The van der Waals surface area contributed by atoms with Crippen molar-refractivity contribution in [2.75, 3.05) is 19.4 Å². The van der Waals surface area contributed by atoms with Crippen LogP contribution in [0.4, 0.5) is 0 Å². The van der Waals surface area contributed by atoms with Gasteiger partial charge in [-0.05, 0) is 49.8 Å². The molecule has 128 valence electrons. The first-order valence-corrected chi connectivity index (χ1v) is 10.0. The van der Waals surface area contributed by atoms with Crippen LogP contribution in [-0.2, 0) is 25.8 Å². The summed E-state index contributed by atoms with van der Waals surface area (Å²) in [5.41, 5.74) is 0.814. The first-order chi connectivity index (χ1) is 10.9. The van der Waals surface area contributed by atoms with Gasteiger partial charge < -0.3 is 10.1 Å². The molecule has 1 saturated heterocycles. The van der Waals surface area contributed by atoms with E-state index >= 15 is 0 Å². The van der Waals surface area contributed by atoms with Gasteiger partial charge in [-0.15, -0.1) is 0 Å². The molecule has 6 heteroatoms. The summed E-state index contributed by atoms with van der Waals surface area (Å²) >= 11 is 0. The number of benzene rings is 1. The SMILES string of the molecule is CS(=O)(=O)c1ccc(CC(=O)NCCCC[C@@H]2CCCO2)cc1. The van der Waals surface area contributed by atoms with Crippen LogP contribution in [0.3, 0.4) is 0 Å². The van der Waals surface area contributed by atoms with Crippen LogP contribution < -0.4 is 5.32 Å². The second kappa shape index (κ2) is 8.45. The lowest BCUT2D eigenvalue weighted by Crippen LogP contribution is -2.26. The van der Waals surface area contributed by atoms with Gasteiger partial charge in [-0.1, -0.05) is 12.1 Å². The van der Waals surface area contributed by atoms with Crippen molar-refractivity contribution in [3.8, 4) is 0 Å². The molecular weight excluding hydrogens is 314 g/mol. The van der Waals surface area contributed by atoms with Gasteiger partial charge >= 0.3 is 0 Å². The average Bonchev–Trinajstić information content (AvgIpc) is 3.00. The third kappa shape index (κ3) is 6.31. The van der Waals surface area contributed by atoms with Gasteiger partial charge in [0.2, 0.25) is 5.91 Å². The van der Waals surface area contributed by atoms with Crippen molar-refractivity contribution in [2.24, 2.45) is 0 Å². The summed E-state index contributed by atoms with van der Waals surface area (Å²) in [5, 5.41) is 2.90. The first-order valence-electron chi connectivity index (χ1n) is 8.12. The molecule has 0 saturated carbocycles. The van der Waals surface area contributed by atoms with Crippen LogP contribution in [0.25, 0.3) is 0 Å². The van der Waals surface area contributed by atoms with E-state index in [4.69, 9.17) is 4.74 Å². The topological polar surface area (TPSA) is 72.5 Å². The number of ether oxygens (including phenoxy) is 1. The van der Waals surface area contributed by atoms with E-state index in [2.05, 4.69) is 5.32 Å². The normalized spacial score (nSPS) is 18.0. The largest absolute Gasteiger partial charge is 0.378 e. The molecule has 0 bridgehead atoms. The lowest BCUT2D eigenvalue weighted by molar-refractivity contribution is -0.120. The monoisotopic (exact) mass is 339 g/mol. The lowest BCUT2D eigenvalue weighted by atomic mass is 10.1. The second-order valence-corrected chi connectivity index (χ2v) is 8.09. The molecule has 0 spiro atoms. The van der Waals surface area contributed by atoms with Crippen molar-refractivity contribution in [1.29, 1.82) is 0 Å². The average molecular weight is 339 g/mol. The van der Waals surface area contributed by atoms with E-state index in [0.717, 1.165) is 37.9 Å². The fraction of sp³-hybridized carbons (Fsp3) is 0.588. The van der Waals surface area contributed by atoms with Crippen molar-refractivity contribution in [1.82, 2.24) is 5.32 Å². The predicted molar refractivity (Wildman–Crippen MR) is 89.1 cm³/mol. The summed E-state index contributed by atoms with van der Waals surface area (Å²) < 4.78 is 28.3. The molecule has 0 aliphatic carbocycles. The molecule has 1 heterocycles. The fourth-order valence-electron chi connectivity index (χ4n) is 2.70. The molecule has 2 rings (SSSR count). The third-order valence-corrected chi connectivity index (χ3v) is 5.14. The quantitative estimate of drug-likeness (QED) is 0.736. The number of amides is 1. The number of carbonyl (C=O) groups excluding carboxylic acids is 1. The number of rotatable bonds is 8. The maximum atomic E-state index is 11.9. The Balaban J connectivity index is 1.64. The summed E-state index contributed by atoms with van der Waals surface area (Å²) in [4.78, 5) is 12.1. The summed E-state index contributed by atoms with van der Waals surface area (Å²) in [6.45, 7) is 1.56. The Hall–Kier alpha value is -1.40. The Bertz CT molecular complexity index is 604. The molecule has 5 nitrogen and oxygen atoms in total. The Kier molecular flexibility index (Phi) is 6.59. The van der Waals surface area contributed by atoms with Crippen LogP contribution in [0.2, 0.25) is 0 Å². The first kappa shape index (κ1) is 17.9. The summed E-state index contributed by atoms with van der Waals surface area (Å²) in [5.74, 6) is -0.0331. The van der Waals surface area contributed by atoms with Crippen molar-refractivity contribution in [3.05, 3.63) is 29.8 Å². The van der Waals surface area contributed by atoms with Crippen LogP contribution in [0.1, 0.15) is 37.7 Å². The molecule has 1 fully saturated rings. The smallest absolute Gasteiger partial charge is 0.224 e. The number of hydrogen-bond donors (Lipinski definition) is 1. The van der Waals surface area contributed by atoms with Crippen molar-refractivity contribution < 1.29 is 17.9 Å². The zero-order chi connectivity index (χ0) is 16.7. The Morgan fingerprint density at radius 1 is 1.26 bits per heavy atom. The van der Waals surface area contributed by atoms with E-state index in [-0.39, 0.29) is 17.2 Å². The van der Waals surface area contributed by atoms with E-state index in [1.807, 2.05) is 0 Å². The van der Waals surface area contributed by atoms with Crippen LogP contribution >= 0.6 is 0 Å². The minimum absolute atomic E-state index is 0.0331. The van der Waals surface area contributed by atoms with Crippen LogP contribution in [0, 0.1) is 0 Å². The molecule has 0 aromatic heterocycles. The number of hydrogen-bond acceptors (Lipinski definition) is 4. The molecule has 0 radical (unpaired) electrons. The van der Waals surface area contributed by atoms with Crippen LogP contribution in [0.15, 0.2) is 29.2 Å². The number of carbonyl (C=O) groups is 1. The second-order valence-electron chi connectivity index (χ2n) is 6.07. The van der Waals surface area contributed by atoms with Crippen LogP contribution in [0.5, 0.6) is 0 Å². The number of nitrogens with one attached hydrogen (secondary N) is 1. The summed E-state index contributed by atoms with van der Waals surface area (Å²) in [6.07, 6.45) is 7.28. The maximum absolute atomic E-state index is 11.9. The molecule has 23 heavy (non-hydrogen) atoms. The molecule has 1 N–H and O–H groups in total. The van der Waals surface area contributed by atoms with Gasteiger partial charge in [0.25, 0.3) is 0 Å². The van der Waals surface area contributed by atoms with Gasteiger partial charge in [0.15, 0.2) is 9.84 Å². The minimum atomic E-state index is -3.19. The summed E-state index contributed by atoms with van der Waals surface area (Å²) in [6, 6.07) is 6.46. The highest BCUT2D eigenvalue weighted by Crippen LogP contribution is 2.17. The van der Waals surface area contributed by atoms with Gasteiger partial charge in [0.05, 0.1) is 17.4 Å². The Morgan fingerprint density at radius 2 is 2.00 bits per heavy atom. The van der Waals surface area contributed by atoms with Gasteiger partial charge in [-0.25, -0.2) is 8.42 Å². The highest BCUT2D eigenvalue weighted by Gasteiger charge is 2.14. The number of unbranched alkanes of at least 4 members (excludes halogenated alkanes) is 1. The summed E-state index contributed by atoms with van der Waals surface area (Å²) in [7, 11) is -3.19. The van der Waals surface area contributed by atoms with Gasteiger partial charge in [0, 0.05) is 19.4 Å². The standard InChI is InChI=1S/C17H25NO4S/c1-23(20,21)16-9-7-14(8-10-16)13-17(19)18-11-3-2-5-15-6-4-12-22-15/h7-10,15H,2-6,11-13H2,1H3,(H,18,19)/t15-/m1/s1. The molecule has 1 aromatic rings. The van der Waals surface area contributed by atoms with E-state index < -0.39 is 9.84 Å². The fourth-order valence-corrected chi connectivity index (χ4v) is 3.33. The van der Waals surface area contributed by atoms with Gasteiger partial charge in [0.1, 0.15) is 0 Å². The molecule has 1 aliphatic rings. The molecule has 1 aromatic carbocycles. The number of sulfone groups is 1. The molecule has 1 atom stereocenters. The van der Waals surface area contributed by atoms with Gasteiger partial charge in [-0.2, -0.15) is 0 Å². The van der Waals surface area contributed by atoms with Crippen molar-refractivity contribution in [2.45, 2.75) is 49.5 Å². The molecule has 1 amide bonds. The highest BCUT2D eigenvalue weighted by atomic mass is 32.2. The third-order valence-electron chi connectivity index (χ3n) is 4.02. The zero-order valence-electron chi connectivity index (χ0n) is 13.6. The van der Waals surface area contributed by atoms with Gasteiger partial charge in [-0.3, -0.25) is 4.79 Å². The van der Waals surface area contributed by atoms with E-state index in [1.165, 1.54) is 12.7 Å². The predicted octanol–water partition coefficient (Wildman–Crippen LogP) is 2.10. The Morgan fingerprint density at radius 3 is 2.61 bits per heavy atom. The van der Waals surface area contributed by atoms with E-state index in [9.17, 15) is 13.2 Å². The van der Waals surface area contributed by atoms with E-state index in [1.54, 1.807) is 24.3 Å². The van der Waals surface area contributed by atoms with E-state index in [0.29, 0.717) is 12.6 Å². The minimum Gasteiger partial charge on any atom is -0.378 e. The van der Waals surface area contributed by atoms with Crippen LogP contribution in [-0.4, -0.2) is 39.8 Å². The van der Waals surface area contributed by atoms with Crippen molar-refractivity contribution >= 4 is 15.7 Å². The lowest BCUT2D eigenvalue weighted by Gasteiger charge is -2.09. The molecular formula is C17H25NO4S.